The second-order valence-electron chi connectivity index (χ2n) is 5.73. The fourth-order valence-corrected chi connectivity index (χ4v) is 3.14. The maximum absolute atomic E-state index is 9.64. The lowest BCUT2D eigenvalue weighted by molar-refractivity contribution is 1.04. The van der Waals surface area contributed by atoms with E-state index in [1.807, 2.05) is 19.9 Å². The number of nitriles is 1. The Labute approximate surface area is 136 Å². The molecule has 0 radical (unpaired) electrons. The maximum Gasteiger partial charge on any atom is 0.157 e. The molecule has 0 saturated heterocycles. The molecule has 0 saturated carbocycles. The molecule has 1 N–H and O–H groups in total. The number of nitrogens with one attached hydrogen (secondary N) is 1. The number of aromatic nitrogens is 2. The molecule has 2 aromatic heterocycles. The van der Waals surface area contributed by atoms with Gasteiger partial charge in [-0.2, -0.15) is 5.26 Å². The summed E-state index contributed by atoms with van der Waals surface area (Å²) in [5.74, 6) is 1.00. The van der Waals surface area contributed by atoms with Crippen molar-refractivity contribution in [2.75, 3.05) is 11.9 Å². The minimum absolute atomic E-state index is 0.653. The molecular weight excluding hydrogens is 284 g/mol. The summed E-state index contributed by atoms with van der Waals surface area (Å²) in [7, 11) is 0. The molecular formula is C19H20N4. The van der Waals surface area contributed by atoms with Crippen molar-refractivity contribution in [1.29, 1.82) is 5.26 Å². The summed E-state index contributed by atoms with van der Waals surface area (Å²) < 4.78 is 2.07. The molecule has 0 spiro atoms. The average Bonchev–Trinajstić information content (AvgIpc) is 2.90. The Kier molecular flexibility index (Phi) is 3.79. The molecule has 0 aliphatic carbocycles. The zero-order valence-electron chi connectivity index (χ0n) is 13.8. The number of aryl methyl sites for hydroxylation is 1. The highest BCUT2D eigenvalue weighted by atomic mass is 15.1. The van der Waals surface area contributed by atoms with Crippen molar-refractivity contribution >= 4 is 22.5 Å². The monoisotopic (exact) mass is 304 g/mol. The summed E-state index contributed by atoms with van der Waals surface area (Å²) >= 11 is 0. The number of benzene rings is 1. The highest BCUT2D eigenvalue weighted by Gasteiger charge is 2.19. The maximum atomic E-state index is 9.64. The molecule has 23 heavy (non-hydrogen) atoms. The lowest BCUT2D eigenvalue weighted by Crippen LogP contribution is -2.10. The van der Waals surface area contributed by atoms with E-state index >= 15 is 0 Å². The first-order valence-electron chi connectivity index (χ1n) is 7.81. The highest BCUT2D eigenvalue weighted by molar-refractivity contribution is 5.86. The molecule has 0 amide bonds. The van der Waals surface area contributed by atoms with Crippen LogP contribution in [0.4, 0.5) is 5.82 Å². The Bertz CT molecular complexity index is 957. The van der Waals surface area contributed by atoms with Crippen molar-refractivity contribution in [2.45, 2.75) is 27.2 Å². The van der Waals surface area contributed by atoms with E-state index in [4.69, 9.17) is 4.98 Å². The second-order valence-corrected chi connectivity index (χ2v) is 5.73. The van der Waals surface area contributed by atoms with E-state index in [1.165, 1.54) is 0 Å². The molecule has 3 aromatic rings. The standard InChI is InChI=1S/C19H20N4/c1-5-9-21-18-14(6-2)13(4)15(11-20)19-22-16-10-12(3)7-8-17(16)23(18)19/h5,7-8,10,21H,1,6,9H2,2-4H3. The van der Waals surface area contributed by atoms with Crippen LogP contribution in [0.1, 0.15) is 29.2 Å². The van der Waals surface area contributed by atoms with Gasteiger partial charge in [0.1, 0.15) is 11.9 Å². The molecule has 0 fully saturated rings. The van der Waals surface area contributed by atoms with Gasteiger partial charge in [-0.15, -0.1) is 6.58 Å². The number of nitrogens with zero attached hydrogens (tertiary/aromatic N) is 3. The normalized spacial score (nSPS) is 10.9. The Morgan fingerprint density at radius 1 is 1.39 bits per heavy atom. The van der Waals surface area contributed by atoms with Crippen molar-refractivity contribution in [3.05, 3.63) is 53.1 Å². The van der Waals surface area contributed by atoms with Crippen LogP contribution in [0.3, 0.4) is 0 Å². The van der Waals surface area contributed by atoms with E-state index in [2.05, 4.69) is 47.5 Å². The van der Waals surface area contributed by atoms with Gasteiger partial charge in [0.05, 0.1) is 16.6 Å². The van der Waals surface area contributed by atoms with Crippen LogP contribution in [0.2, 0.25) is 0 Å². The van der Waals surface area contributed by atoms with Gasteiger partial charge in [-0.3, -0.25) is 4.40 Å². The third kappa shape index (κ3) is 2.25. The molecule has 4 nitrogen and oxygen atoms in total. The average molecular weight is 304 g/mol. The van der Waals surface area contributed by atoms with Crippen molar-refractivity contribution < 1.29 is 0 Å². The van der Waals surface area contributed by atoms with Crippen LogP contribution in [0.15, 0.2) is 30.9 Å². The molecule has 0 unspecified atom stereocenters. The van der Waals surface area contributed by atoms with Crippen molar-refractivity contribution in [3.8, 4) is 6.07 Å². The molecule has 0 aliphatic rings. The first-order chi connectivity index (χ1) is 11.1. The molecule has 116 valence electrons. The van der Waals surface area contributed by atoms with Crippen molar-refractivity contribution in [2.24, 2.45) is 0 Å². The quantitative estimate of drug-likeness (QED) is 0.737. The largest absolute Gasteiger partial charge is 0.367 e. The number of pyridine rings is 1. The SMILES string of the molecule is C=CCNc1c(CC)c(C)c(C#N)c2nc3cc(C)ccc3n12. The van der Waals surface area contributed by atoms with E-state index < -0.39 is 0 Å². The van der Waals surface area contributed by atoms with Crippen LogP contribution in [0.5, 0.6) is 0 Å². The van der Waals surface area contributed by atoms with Gasteiger partial charge >= 0.3 is 0 Å². The van der Waals surface area contributed by atoms with Gasteiger partial charge < -0.3 is 5.32 Å². The van der Waals surface area contributed by atoms with Gasteiger partial charge in [0, 0.05) is 6.54 Å². The molecule has 0 bridgehead atoms. The third-order valence-corrected chi connectivity index (χ3v) is 4.25. The summed E-state index contributed by atoms with van der Waals surface area (Å²) in [6, 6.07) is 8.54. The third-order valence-electron chi connectivity index (χ3n) is 4.25. The van der Waals surface area contributed by atoms with Crippen molar-refractivity contribution in [3.63, 3.8) is 0 Å². The van der Waals surface area contributed by atoms with Gasteiger partial charge in [-0.05, 0) is 49.1 Å². The van der Waals surface area contributed by atoms with Gasteiger partial charge in [0.15, 0.2) is 5.65 Å². The first-order valence-corrected chi connectivity index (χ1v) is 7.81. The number of imidazole rings is 1. The van der Waals surface area contributed by atoms with E-state index in [0.717, 1.165) is 45.6 Å². The van der Waals surface area contributed by atoms with Crippen LogP contribution in [-0.2, 0) is 6.42 Å². The predicted octanol–water partition coefficient (Wildman–Crippen LogP) is 4.14. The molecule has 0 atom stereocenters. The number of fused-ring (bicyclic) bond motifs is 3. The summed E-state index contributed by atoms with van der Waals surface area (Å²) in [5.41, 5.74) is 6.61. The molecule has 2 heterocycles. The van der Waals surface area contributed by atoms with Crippen LogP contribution >= 0.6 is 0 Å². The Balaban J connectivity index is 2.52. The van der Waals surface area contributed by atoms with Gasteiger partial charge in [0.2, 0.25) is 0 Å². The zero-order chi connectivity index (χ0) is 16.6. The summed E-state index contributed by atoms with van der Waals surface area (Å²) in [5, 5.41) is 13.1. The van der Waals surface area contributed by atoms with Gasteiger partial charge in [0.25, 0.3) is 0 Å². The minimum atomic E-state index is 0.653. The van der Waals surface area contributed by atoms with Crippen molar-refractivity contribution in [1.82, 2.24) is 9.38 Å². The minimum Gasteiger partial charge on any atom is -0.367 e. The Hall–Kier alpha value is -2.80. The summed E-state index contributed by atoms with van der Waals surface area (Å²) in [6.07, 6.45) is 2.68. The van der Waals surface area contributed by atoms with Gasteiger partial charge in [-0.1, -0.05) is 19.1 Å². The molecule has 4 heteroatoms. The van der Waals surface area contributed by atoms with E-state index in [9.17, 15) is 5.26 Å². The smallest absolute Gasteiger partial charge is 0.157 e. The molecule has 3 rings (SSSR count). The Morgan fingerprint density at radius 3 is 2.83 bits per heavy atom. The number of hydrogen-bond donors (Lipinski definition) is 1. The fraction of sp³-hybridized carbons (Fsp3) is 0.263. The van der Waals surface area contributed by atoms with E-state index in [0.29, 0.717) is 12.1 Å². The zero-order valence-corrected chi connectivity index (χ0v) is 13.8. The Morgan fingerprint density at radius 2 is 2.17 bits per heavy atom. The highest BCUT2D eigenvalue weighted by Crippen LogP contribution is 2.31. The number of rotatable bonds is 4. The van der Waals surface area contributed by atoms with Gasteiger partial charge in [-0.25, -0.2) is 4.98 Å². The summed E-state index contributed by atoms with van der Waals surface area (Å²) in [6.45, 7) is 10.6. The predicted molar refractivity (Wildman–Crippen MR) is 95.0 cm³/mol. The molecule has 1 aromatic carbocycles. The molecule has 0 aliphatic heterocycles. The van der Waals surface area contributed by atoms with Crippen LogP contribution in [0, 0.1) is 25.2 Å². The van der Waals surface area contributed by atoms with Crippen LogP contribution in [0.25, 0.3) is 16.7 Å². The lowest BCUT2D eigenvalue weighted by Gasteiger charge is -2.17. The van der Waals surface area contributed by atoms with Crippen LogP contribution < -0.4 is 5.32 Å². The second kappa shape index (κ2) is 5.77. The first kappa shape index (κ1) is 15.1. The fourth-order valence-electron chi connectivity index (χ4n) is 3.14. The van der Waals surface area contributed by atoms with E-state index in [-0.39, 0.29) is 0 Å². The van der Waals surface area contributed by atoms with Crippen LogP contribution in [-0.4, -0.2) is 15.9 Å². The number of anilines is 1. The lowest BCUT2D eigenvalue weighted by atomic mass is 10.0. The number of hydrogen-bond acceptors (Lipinski definition) is 3. The topological polar surface area (TPSA) is 53.1 Å². The summed E-state index contributed by atoms with van der Waals surface area (Å²) in [4.78, 5) is 4.73. The van der Waals surface area contributed by atoms with E-state index in [1.54, 1.807) is 0 Å².